The van der Waals surface area contributed by atoms with Crippen LogP contribution in [0.1, 0.15) is 30.9 Å². The Hall–Kier alpha value is -1.96. The molecule has 1 unspecified atom stereocenters. The molecule has 1 heterocycles. The lowest BCUT2D eigenvalue weighted by atomic mass is 10.0. The number of hydrogen-bond acceptors (Lipinski definition) is 4. The maximum atomic E-state index is 13.1. The summed E-state index contributed by atoms with van der Waals surface area (Å²) in [6, 6.07) is 18.2. The van der Waals surface area contributed by atoms with E-state index >= 15 is 0 Å². The van der Waals surface area contributed by atoms with Gasteiger partial charge in [-0.15, -0.1) is 0 Å². The molecule has 0 saturated carbocycles. The Morgan fingerprint density at radius 1 is 0.931 bits per heavy atom. The van der Waals surface area contributed by atoms with Crippen LogP contribution in [-0.4, -0.2) is 39.5 Å². The molecular formula is C22H27NO4S2. The molecule has 1 saturated heterocycles. The van der Waals surface area contributed by atoms with E-state index in [4.69, 9.17) is 0 Å². The quantitative estimate of drug-likeness (QED) is 0.636. The fraction of sp³-hybridized carbons (Fsp3) is 0.364. The summed E-state index contributed by atoms with van der Waals surface area (Å²) < 4.78 is 53.2. The molecule has 0 bridgehead atoms. The first-order valence-corrected chi connectivity index (χ1v) is 13.0. The Balaban J connectivity index is 1.80. The zero-order valence-electron chi connectivity index (χ0n) is 16.5. The Morgan fingerprint density at radius 3 is 2.17 bits per heavy atom. The molecule has 0 spiro atoms. The molecule has 0 aliphatic carbocycles. The van der Waals surface area contributed by atoms with Crippen LogP contribution in [0.25, 0.3) is 6.08 Å². The van der Waals surface area contributed by atoms with Crippen LogP contribution in [0, 0.1) is 5.92 Å². The predicted octanol–water partition coefficient (Wildman–Crippen LogP) is 3.70. The predicted molar refractivity (Wildman–Crippen MR) is 117 cm³/mol. The van der Waals surface area contributed by atoms with Gasteiger partial charge in [-0.1, -0.05) is 74.0 Å². The normalized spacial score (nSPS) is 21.0. The summed E-state index contributed by atoms with van der Waals surface area (Å²) in [6.45, 7) is 2.25. The Bertz CT molecular complexity index is 1030. The third-order valence-electron chi connectivity index (χ3n) is 5.27. The molecule has 0 amide bonds. The van der Waals surface area contributed by atoms with E-state index in [9.17, 15) is 16.8 Å². The van der Waals surface area contributed by atoms with Crippen molar-refractivity contribution in [1.29, 1.82) is 0 Å². The SMILES string of the molecule is CCC[C@@H]1CN(S(=O)(=O)C=Cc2ccccc2)CC1S(=O)(=O)Cc1ccccc1. The fourth-order valence-corrected chi connectivity index (χ4v) is 7.24. The Morgan fingerprint density at radius 2 is 1.55 bits per heavy atom. The summed E-state index contributed by atoms with van der Waals surface area (Å²) >= 11 is 0. The molecule has 1 aliphatic rings. The van der Waals surface area contributed by atoms with Gasteiger partial charge in [0, 0.05) is 18.5 Å². The van der Waals surface area contributed by atoms with Gasteiger partial charge in [0.05, 0.1) is 11.0 Å². The molecule has 2 aromatic rings. The summed E-state index contributed by atoms with van der Waals surface area (Å²) in [4.78, 5) is 0. The number of sulfone groups is 1. The fourth-order valence-electron chi connectivity index (χ4n) is 3.79. The number of hydrogen-bond donors (Lipinski definition) is 0. The van der Waals surface area contributed by atoms with Crippen molar-refractivity contribution in [3.8, 4) is 0 Å². The minimum Gasteiger partial charge on any atom is -0.228 e. The summed E-state index contributed by atoms with van der Waals surface area (Å²) in [5.41, 5.74) is 1.52. The molecule has 1 fully saturated rings. The second-order valence-electron chi connectivity index (χ2n) is 7.46. The molecule has 0 aromatic heterocycles. The van der Waals surface area contributed by atoms with Crippen LogP contribution >= 0.6 is 0 Å². The van der Waals surface area contributed by atoms with E-state index in [-0.39, 0.29) is 24.8 Å². The number of nitrogens with zero attached hydrogens (tertiary/aromatic N) is 1. The van der Waals surface area contributed by atoms with E-state index < -0.39 is 25.1 Å². The molecule has 156 valence electrons. The zero-order valence-corrected chi connectivity index (χ0v) is 18.1. The van der Waals surface area contributed by atoms with Crippen LogP contribution < -0.4 is 0 Å². The van der Waals surface area contributed by atoms with Gasteiger partial charge >= 0.3 is 0 Å². The zero-order chi connectivity index (χ0) is 20.9. The lowest BCUT2D eigenvalue weighted by Crippen LogP contribution is -2.32. The van der Waals surface area contributed by atoms with Gasteiger partial charge in [-0.2, -0.15) is 4.31 Å². The van der Waals surface area contributed by atoms with Crippen molar-refractivity contribution in [1.82, 2.24) is 4.31 Å². The van der Waals surface area contributed by atoms with E-state index in [1.807, 2.05) is 55.5 Å². The van der Waals surface area contributed by atoms with Gasteiger partial charge in [0.2, 0.25) is 10.0 Å². The minimum absolute atomic E-state index is 0.0152. The van der Waals surface area contributed by atoms with Gasteiger partial charge in [0.15, 0.2) is 9.84 Å². The molecular weight excluding hydrogens is 406 g/mol. The summed E-state index contributed by atoms with van der Waals surface area (Å²) in [5, 5.41) is 0.500. The summed E-state index contributed by atoms with van der Waals surface area (Å²) in [5.74, 6) is -0.250. The maximum Gasteiger partial charge on any atom is 0.236 e. The highest BCUT2D eigenvalue weighted by atomic mass is 32.2. The van der Waals surface area contributed by atoms with Gasteiger partial charge in [-0.05, 0) is 29.5 Å². The molecule has 5 nitrogen and oxygen atoms in total. The molecule has 0 N–H and O–H groups in total. The van der Waals surface area contributed by atoms with Crippen molar-refractivity contribution < 1.29 is 16.8 Å². The second-order valence-corrected chi connectivity index (χ2v) is 11.5. The van der Waals surface area contributed by atoms with E-state index in [0.29, 0.717) is 6.42 Å². The first-order valence-electron chi connectivity index (χ1n) is 9.80. The maximum absolute atomic E-state index is 13.1. The molecule has 0 radical (unpaired) electrons. The third-order valence-corrected chi connectivity index (χ3v) is 8.96. The average molecular weight is 434 g/mol. The van der Waals surface area contributed by atoms with Gasteiger partial charge in [-0.25, -0.2) is 16.8 Å². The average Bonchev–Trinajstić information content (AvgIpc) is 3.14. The van der Waals surface area contributed by atoms with Gasteiger partial charge in [0.1, 0.15) is 0 Å². The lowest BCUT2D eigenvalue weighted by molar-refractivity contribution is 0.449. The number of rotatable bonds is 8. The van der Waals surface area contributed by atoms with Crippen molar-refractivity contribution in [3.63, 3.8) is 0 Å². The highest BCUT2D eigenvalue weighted by Crippen LogP contribution is 2.31. The molecule has 3 rings (SSSR count). The number of sulfonamides is 1. The van der Waals surface area contributed by atoms with Crippen LogP contribution in [0.2, 0.25) is 0 Å². The molecule has 29 heavy (non-hydrogen) atoms. The van der Waals surface area contributed by atoms with Crippen molar-refractivity contribution in [2.45, 2.75) is 30.8 Å². The van der Waals surface area contributed by atoms with Crippen molar-refractivity contribution in [3.05, 3.63) is 77.2 Å². The summed E-state index contributed by atoms with van der Waals surface area (Å²) in [7, 11) is -7.16. The standard InChI is InChI=1S/C22H27NO4S2/c1-2-9-21-16-23(29(26,27)15-14-19-10-5-3-6-11-19)17-22(21)28(24,25)18-20-12-7-4-8-13-20/h3-8,10-15,21-22H,2,9,16-18H2,1H3/t21-,22?/m1/s1. The van der Waals surface area contributed by atoms with E-state index in [1.165, 1.54) is 9.71 Å². The lowest BCUT2D eigenvalue weighted by Gasteiger charge is -2.18. The van der Waals surface area contributed by atoms with Crippen molar-refractivity contribution in [2.24, 2.45) is 5.92 Å². The van der Waals surface area contributed by atoms with E-state index in [0.717, 1.165) is 17.5 Å². The monoisotopic (exact) mass is 433 g/mol. The van der Waals surface area contributed by atoms with Gasteiger partial charge in [-0.3, -0.25) is 0 Å². The largest absolute Gasteiger partial charge is 0.236 e. The minimum atomic E-state index is -3.69. The molecule has 2 aromatic carbocycles. The van der Waals surface area contributed by atoms with Crippen LogP contribution in [0.3, 0.4) is 0 Å². The van der Waals surface area contributed by atoms with Crippen LogP contribution in [-0.2, 0) is 25.6 Å². The first-order chi connectivity index (χ1) is 13.8. The van der Waals surface area contributed by atoms with Crippen LogP contribution in [0.15, 0.2) is 66.1 Å². The molecule has 1 aliphatic heterocycles. The van der Waals surface area contributed by atoms with Gasteiger partial charge < -0.3 is 0 Å². The molecule has 2 atom stereocenters. The van der Waals surface area contributed by atoms with Gasteiger partial charge in [0.25, 0.3) is 0 Å². The number of benzene rings is 2. The second kappa shape index (κ2) is 9.24. The van der Waals surface area contributed by atoms with E-state index in [2.05, 4.69) is 0 Å². The van der Waals surface area contributed by atoms with Crippen LogP contribution in [0.5, 0.6) is 0 Å². The smallest absolute Gasteiger partial charge is 0.228 e. The Labute approximate surface area is 174 Å². The van der Waals surface area contributed by atoms with E-state index in [1.54, 1.807) is 18.2 Å². The van der Waals surface area contributed by atoms with Crippen LogP contribution in [0.4, 0.5) is 0 Å². The first kappa shape index (κ1) is 21.7. The third kappa shape index (κ3) is 5.56. The Kier molecular flexibility index (Phi) is 6.93. The van der Waals surface area contributed by atoms with Crippen molar-refractivity contribution >= 4 is 25.9 Å². The summed E-state index contributed by atoms with van der Waals surface area (Å²) in [6.07, 6.45) is 3.05. The highest BCUT2D eigenvalue weighted by Gasteiger charge is 2.43. The van der Waals surface area contributed by atoms with Crippen molar-refractivity contribution in [2.75, 3.05) is 13.1 Å². The highest BCUT2D eigenvalue weighted by molar-refractivity contribution is 7.92. The molecule has 7 heteroatoms. The topological polar surface area (TPSA) is 71.5 Å².